The number of ether oxygens (including phenoxy) is 1. The van der Waals surface area contributed by atoms with Crippen molar-refractivity contribution in [3.05, 3.63) is 35.1 Å². The maximum absolute atomic E-state index is 13.6. The molecule has 0 bridgehead atoms. The molecule has 0 aliphatic carbocycles. The quantitative estimate of drug-likeness (QED) is 0.878. The molecule has 0 unspecified atom stereocenters. The van der Waals surface area contributed by atoms with Gasteiger partial charge in [0.1, 0.15) is 5.82 Å². The number of aliphatic hydroxyl groups excluding tert-OH is 1. The van der Waals surface area contributed by atoms with Crippen molar-refractivity contribution in [1.82, 2.24) is 5.32 Å². The predicted octanol–water partition coefficient (Wildman–Crippen LogP) is 2.39. The molecule has 0 spiro atoms. The molecule has 4 nitrogen and oxygen atoms in total. The number of aliphatic hydroxyl groups is 1. The number of nitrogens with one attached hydrogen (secondary N) is 1. The summed E-state index contributed by atoms with van der Waals surface area (Å²) in [5, 5.41) is 11.8. The first kappa shape index (κ1) is 16.9. The van der Waals surface area contributed by atoms with E-state index in [1.165, 1.54) is 12.1 Å². The molecule has 1 aromatic rings. The average molecular weight is 309 g/mol. The molecule has 22 heavy (non-hydrogen) atoms. The summed E-state index contributed by atoms with van der Waals surface area (Å²) in [5.74, 6) is -0.340. The van der Waals surface area contributed by atoms with E-state index in [-0.39, 0.29) is 42.6 Å². The minimum Gasteiger partial charge on any atom is -0.392 e. The summed E-state index contributed by atoms with van der Waals surface area (Å²) in [6.07, 6.45) is 1.66. The Morgan fingerprint density at radius 2 is 2.27 bits per heavy atom. The summed E-state index contributed by atoms with van der Waals surface area (Å²) in [6.45, 7) is 4.77. The van der Waals surface area contributed by atoms with E-state index in [0.717, 1.165) is 12.8 Å². The Bertz CT molecular complexity index is 519. The first-order valence-corrected chi connectivity index (χ1v) is 7.80. The minimum absolute atomic E-state index is 0.0370. The van der Waals surface area contributed by atoms with Crippen molar-refractivity contribution in [3.8, 4) is 0 Å². The average Bonchev–Trinajstić information content (AvgIpc) is 2.52. The van der Waals surface area contributed by atoms with Crippen LogP contribution in [0.5, 0.6) is 0 Å². The molecule has 0 radical (unpaired) electrons. The molecule has 1 aliphatic heterocycles. The second-order valence-corrected chi connectivity index (χ2v) is 6.13. The number of rotatable bonds is 5. The number of hydrogen-bond acceptors (Lipinski definition) is 3. The van der Waals surface area contributed by atoms with Crippen LogP contribution in [-0.2, 0) is 22.7 Å². The van der Waals surface area contributed by atoms with Gasteiger partial charge in [0.15, 0.2) is 0 Å². The van der Waals surface area contributed by atoms with Gasteiger partial charge in [-0.1, -0.05) is 26.0 Å². The Morgan fingerprint density at radius 3 is 2.91 bits per heavy atom. The van der Waals surface area contributed by atoms with Crippen LogP contribution in [0.1, 0.15) is 37.8 Å². The summed E-state index contributed by atoms with van der Waals surface area (Å²) in [5.41, 5.74) is 0.941. The Kier molecular flexibility index (Phi) is 5.91. The van der Waals surface area contributed by atoms with E-state index in [1.807, 2.05) is 0 Å². The van der Waals surface area contributed by atoms with Gasteiger partial charge in [0.25, 0.3) is 0 Å². The van der Waals surface area contributed by atoms with Crippen LogP contribution in [-0.4, -0.2) is 23.7 Å². The van der Waals surface area contributed by atoms with Gasteiger partial charge >= 0.3 is 0 Å². The molecule has 1 saturated heterocycles. The highest BCUT2D eigenvalue weighted by atomic mass is 19.1. The minimum atomic E-state index is -0.449. The Morgan fingerprint density at radius 1 is 1.50 bits per heavy atom. The monoisotopic (exact) mass is 309 g/mol. The third kappa shape index (κ3) is 4.05. The van der Waals surface area contributed by atoms with Gasteiger partial charge in [0.05, 0.1) is 18.6 Å². The van der Waals surface area contributed by atoms with Gasteiger partial charge < -0.3 is 15.2 Å². The van der Waals surface area contributed by atoms with Crippen LogP contribution < -0.4 is 5.32 Å². The normalized spacial score (nSPS) is 21.9. The highest BCUT2D eigenvalue weighted by Gasteiger charge is 2.33. The second kappa shape index (κ2) is 7.70. The second-order valence-electron chi connectivity index (χ2n) is 6.13. The number of carbonyl (C=O) groups excluding carboxylic acids is 1. The zero-order valence-corrected chi connectivity index (χ0v) is 13.1. The molecule has 0 saturated carbocycles. The van der Waals surface area contributed by atoms with Crippen LogP contribution in [0.25, 0.3) is 0 Å². The first-order valence-electron chi connectivity index (χ1n) is 7.80. The fraction of sp³-hybridized carbons (Fsp3) is 0.588. The van der Waals surface area contributed by atoms with Crippen LogP contribution in [0.15, 0.2) is 18.2 Å². The van der Waals surface area contributed by atoms with Gasteiger partial charge in [0.2, 0.25) is 5.91 Å². The third-order valence-corrected chi connectivity index (χ3v) is 4.11. The van der Waals surface area contributed by atoms with E-state index in [1.54, 1.807) is 6.07 Å². The predicted molar refractivity (Wildman–Crippen MR) is 81.5 cm³/mol. The topological polar surface area (TPSA) is 58.6 Å². The smallest absolute Gasteiger partial charge is 0.226 e. The summed E-state index contributed by atoms with van der Waals surface area (Å²) in [6, 6.07) is 4.60. The van der Waals surface area contributed by atoms with Crippen LogP contribution in [0.2, 0.25) is 0 Å². The molecule has 2 N–H and O–H groups in total. The Hall–Kier alpha value is -1.46. The van der Waals surface area contributed by atoms with E-state index in [9.17, 15) is 9.18 Å². The first-order chi connectivity index (χ1) is 10.5. The lowest BCUT2D eigenvalue weighted by molar-refractivity contribution is -0.137. The fourth-order valence-corrected chi connectivity index (χ4v) is 2.89. The number of benzene rings is 1. The number of carbonyl (C=O) groups is 1. The molecule has 5 heteroatoms. The van der Waals surface area contributed by atoms with Gasteiger partial charge in [-0.05, 0) is 30.4 Å². The van der Waals surface area contributed by atoms with E-state index < -0.39 is 5.82 Å². The van der Waals surface area contributed by atoms with Crippen molar-refractivity contribution < 1.29 is 19.0 Å². The Balaban J connectivity index is 1.95. The largest absolute Gasteiger partial charge is 0.392 e. The SMILES string of the molecule is CC(C)[C@H]1OCCC[C@H]1C(=O)NCc1ccc(CO)c(F)c1. The molecule has 1 aliphatic rings. The fourth-order valence-electron chi connectivity index (χ4n) is 2.89. The van der Waals surface area contributed by atoms with Gasteiger partial charge in [-0.25, -0.2) is 4.39 Å². The molecule has 2 rings (SSSR count). The maximum Gasteiger partial charge on any atom is 0.226 e. The van der Waals surface area contributed by atoms with Crippen LogP contribution in [0, 0.1) is 17.7 Å². The molecule has 122 valence electrons. The zero-order chi connectivity index (χ0) is 16.1. The number of halogens is 1. The van der Waals surface area contributed by atoms with Crippen LogP contribution in [0.4, 0.5) is 4.39 Å². The van der Waals surface area contributed by atoms with Gasteiger partial charge in [-0.15, -0.1) is 0 Å². The molecular formula is C17H24FNO3. The molecule has 1 heterocycles. The highest BCUT2D eigenvalue weighted by Crippen LogP contribution is 2.26. The van der Waals surface area contributed by atoms with Gasteiger partial charge in [-0.2, -0.15) is 0 Å². The summed E-state index contributed by atoms with van der Waals surface area (Å²) in [4.78, 5) is 12.4. The molecule has 1 aromatic carbocycles. The van der Waals surface area contributed by atoms with Crippen molar-refractivity contribution in [2.75, 3.05) is 6.61 Å². The molecular weight excluding hydrogens is 285 g/mol. The van der Waals surface area contributed by atoms with Crippen molar-refractivity contribution in [2.24, 2.45) is 11.8 Å². The van der Waals surface area contributed by atoms with E-state index >= 15 is 0 Å². The Labute approximate surface area is 130 Å². The number of hydrogen-bond donors (Lipinski definition) is 2. The number of amides is 1. The van der Waals surface area contributed by atoms with E-state index in [2.05, 4.69) is 19.2 Å². The standard InChI is InChI=1S/C17H24FNO3/c1-11(2)16-14(4-3-7-22-16)17(21)19-9-12-5-6-13(10-20)15(18)8-12/h5-6,8,11,14,16,20H,3-4,7,9-10H2,1-2H3,(H,19,21)/t14-,16-/m1/s1. The molecule has 1 fully saturated rings. The molecule has 0 aromatic heterocycles. The zero-order valence-electron chi connectivity index (χ0n) is 13.1. The molecule has 2 atom stereocenters. The van der Waals surface area contributed by atoms with E-state index in [0.29, 0.717) is 12.2 Å². The van der Waals surface area contributed by atoms with Crippen molar-refractivity contribution in [3.63, 3.8) is 0 Å². The lowest BCUT2D eigenvalue weighted by atomic mass is 9.87. The van der Waals surface area contributed by atoms with Crippen molar-refractivity contribution in [1.29, 1.82) is 0 Å². The van der Waals surface area contributed by atoms with Crippen LogP contribution >= 0.6 is 0 Å². The van der Waals surface area contributed by atoms with Gasteiger partial charge in [0, 0.05) is 18.7 Å². The maximum atomic E-state index is 13.6. The summed E-state index contributed by atoms with van der Waals surface area (Å²) in [7, 11) is 0. The molecule has 1 amide bonds. The van der Waals surface area contributed by atoms with Crippen molar-refractivity contribution >= 4 is 5.91 Å². The van der Waals surface area contributed by atoms with Crippen LogP contribution in [0.3, 0.4) is 0 Å². The summed E-state index contributed by atoms with van der Waals surface area (Å²) < 4.78 is 19.3. The summed E-state index contributed by atoms with van der Waals surface area (Å²) >= 11 is 0. The lowest BCUT2D eigenvalue weighted by Crippen LogP contribution is -2.43. The highest BCUT2D eigenvalue weighted by molar-refractivity contribution is 5.79. The third-order valence-electron chi connectivity index (χ3n) is 4.11. The van der Waals surface area contributed by atoms with E-state index in [4.69, 9.17) is 9.84 Å². The van der Waals surface area contributed by atoms with Crippen molar-refractivity contribution in [2.45, 2.75) is 45.9 Å². The lowest BCUT2D eigenvalue weighted by Gasteiger charge is -2.33. The van der Waals surface area contributed by atoms with Gasteiger partial charge in [-0.3, -0.25) is 4.79 Å².